The maximum atomic E-state index is 4.06. The Morgan fingerprint density at radius 3 is 0.209 bits per heavy atom. The van der Waals surface area contributed by atoms with Crippen molar-refractivity contribution in [1.82, 2.24) is 0 Å². The second-order valence-electron chi connectivity index (χ2n) is 3.54. The van der Waals surface area contributed by atoms with Gasteiger partial charge in [-0.2, -0.15) is 0 Å². The summed E-state index contributed by atoms with van der Waals surface area (Å²) in [6, 6.07) is 0. The van der Waals surface area contributed by atoms with Gasteiger partial charge in [-0.3, -0.25) is 5.41 Å². The van der Waals surface area contributed by atoms with Crippen LogP contribution in [0.3, 0.4) is 0 Å². The van der Waals surface area contributed by atoms with Crippen molar-refractivity contribution in [2.75, 3.05) is 0 Å². The van der Waals surface area contributed by atoms with Crippen LogP contribution in [0.25, 0.3) is 0 Å². The Bertz CT molecular complexity index is 134. The fraction of sp³-hybridized carbons (Fsp3) is 0.692. The van der Waals surface area contributed by atoms with Gasteiger partial charge in [-0.05, 0) is 0 Å². The third-order valence-electron chi connectivity index (χ3n) is 2.30. The molecule has 28 heteroatoms. The number of rotatable bonds is 2. The third kappa shape index (κ3) is 474. The van der Waals surface area contributed by atoms with Gasteiger partial charge in [-0.15, -0.1) is 0 Å². The molecule has 0 fully saturated rings. The maximum Gasteiger partial charge on any atom is 3.00 e. The summed E-state index contributed by atoms with van der Waals surface area (Å²) in [5.74, 6) is 1.13. The summed E-state index contributed by atoms with van der Waals surface area (Å²) in [6.07, 6.45) is 0. The van der Waals surface area contributed by atoms with Gasteiger partial charge < -0.3 is 88.1 Å². The van der Waals surface area contributed by atoms with Crippen molar-refractivity contribution in [3.05, 3.63) is 88.1 Å². The summed E-state index contributed by atoms with van der Waals surface area (Å²) in [6.45, 7) is 56.8. The van der Waals surface area contributed by atoms with Gasteiger partial charge in [0.15, 0.2) is 0 Å². The molecule has 0 atom stereocenters. The van der Waals surface area contributed by atoms with Gasteiger partial charge in [-0.25, -0.2) is 0 Å². The van der Waals surface area contributed by atoms with Crippen LogP contribution in [-0.2, 0) is 916 Å². The Morgan fingerprint density at radius 2 is 0.209 bits per heavy atom. The molecule has 0 saturated carbocycles. The minimum atomic E-state index is 0. The Kier molecular flexibility index (Phi) is 2780. The molecule has 0 N–H and O–H groups in total. The van der Waals surface area contributed by atoms with E-state index in [1.54, 1.807) is 0 Å². The minimum Gasteiger partial charge on any atom is -0.366 e. The first kappa shape index (κ1) is 384. The van der Waals surface area contributed by atoms with Crippen molar-refractivity contribution in [3.8, 4) is 0 Å². The van der Waals surface area contributed by atoms with Crippen LogP contribution < -0.4 is 0 Å². The summed E-state index contributed by atoms with van der Waals surface area (Å²) in [7, 11) is 0. The second-order valence-corrected chi connectivity index (χ2v) is 3.54. The Hall–Kier alpha value is 30.9. The van der Waals surface area contributed by atoms with E-state index in [2.05, 4.69) is 41.5 Å². The van der Waals surface area contributed by atoms with Gasteiger partial charge in [0.2, 0.25) is 0 Å². The van der Waals surface area contributed by atoms with E-state index in [4.69, 9.17) is 0 Å². The fourth-order valence-electron chi connectivity index (χ4n) is 0.667. The molecule has 0 aliphatic heterocycles. The monoisotopic (exact) mass is 3070 g/mol. The zero-order valence-corrected chi connectivity index (χ0v) is 133. The van der Waals surface area contributed by atoms with Crippen LogP contribution in [0.4, 0.5) is 0 Å². The van der Waals surface area contributed by atoms with Crippen molar-refractivity contribution >= 4 is 0 Å². The molecular formula is C39H108Y28-6. The average Bonchev–Trinajstić information content (AvgIpc) is 2.86. The third-order valence-corrected chi connectivity index (χ3v) is 2.30. The van der Waals surface area contributed by atoms with E-state index in [9.17, 15) is 0 Å². The molecule has 0 aliphatic rings. The summed E-state index contributed by atoms with van der Waals surface area (Å²) in [4.78, 5) is 0. The van der Waals surface area contributed by atoms with Gasteiger partial charge in [0, 0.05) is 850 Å². The molecule has 0 nitrogen and oxygen atoms in total. The van der Waals surface area contributed by atoms with Crippen LogP contribution in [-0.4, -0.2) is 0 Å². The zero-order valence-electron chi connectivity index (χ0n) is 53.2. The quantitative estimate of drug-likeness (QED) is 0.242. The van der Waals surface area contributed by atoms with Gasteiger partial charge in [0.25, 0.3) is 0 Å². The van der Waals surface area contributed by atoms with E-state index in [-0.39, 0.29) is 996 Å². The molecule has 0 aromatic carbocycles. The van der Waals surface area contributed by atoms with Gasteiger partial charge in [-0.1, -0.05) is 178 Å². The standard InChI is InChI=1S/C9H18.10C2H6.10CH3.28Y/c1-7(2)9(5,6)8(3)4;10*1-2;;;;;;;;;;;;;;;;;;;;;;;;;;;;;;;;;;;;;;/h7-8H,5-6H2,1-4H3;10*1-2H3;10*1H3;;;;;;;;;;;;;;;;;;;;;;;;;;;;/q-2;;;;;;;;;;;10*-1;;;;;;;;;;;;;;;;;;;;;;;;;;;2*+3. The first-order chi connectivity index (χ1) is 13.9. The van der Waals surface area contributed by atoms with Crippen molar-refractivity contribution in [2.24, 2.45) is 17.3 Å². The van der Waals surface area contributed by atoms with E-state index in [0.717, 1.165) is 0 Å². The van der Waals surface area contributed by atoms with Crippen molar-refractivity contribution in [3.63, 3.8) is 0 Å². The van der Waals surface area contributed by atoms with Crippen LogP contribution in [0.1, 0.15) is 166 Å². The van der Waals surface area contributed by atoms with E-state index < -0.39 is 0 Å². The average molecular weight is 3070 g/mol. The molecule has 354 valence electrons. The maximum absolute atomic E-state index is 4.06. The minimum absolute atomic E-state index is 0. The Balaban J connectivity index is -0.00000000112. The largest absolute Gasteiger partial charge is 3.00 e. The van der Waals surface area contributed by atoms with Crippen LogP contribution >= 0.6 is 0 Å². The molecule has 0 heterocycles. The van der Waals surface area contributed by atoms with Crippen LogP contribution in [0.5, 0.6) is 0 Å². The molecular weight excluding hydrogens is 2960 g/mol. The molecule has 67 heavy (non-hydrogen) atoms. The second kappa shape index (κ2) is 484. The van der Waals surface area contributed by atoms with Gasteiger partial charge in [0.1, 0.15) is 0 Å². The van der Waals surface area contributed by atoms with Gasteiger partial charge >= 0.3 is 65.4 Å². The molecule has 0 unspecified atom stereocenters. The predicted octanol–water partition coefficient (Wildman–Crippen LogP) is 17.6. The number of hydrogen-bond donors (Lipinski definition) is 0. The van der Waals surface area contributed by atoms with Crippen molar-refractivity contribution < 1.29 is 916 Å². The first-order valence-corrected chi connectivity index (χ1v) is 13.6. The Labute approximate surface area is 1150 Å². The smallest absolute Gasteiger partial charge is 0.366 e. The van der Waals surface area contributed by atoms with Crippen LogP contribution in [0.15, 0.2) is 0 Å². The fourth-order valence-corrected chi connectivity index (χ4v) is 0.667. The van der Waals surface area contributed by atoms with Crippen molar-refractivity contribution in [2.45, 2.75) is 166 Å². The molecule has 0 aromatic heterocycles. The van der Waals surface area contributed by atoms with E-state index in [1.807, 2.05) is 138 Å². The molecule has 0 amide bonds. The molecule has 0 bridgehead atoms. The summed E-state index contributed by atoms with van der Waals surface area (Å²) < 4.78 is 0. The SMILES string of the molecule is CC.CC.CC.CC.CC.CC.CC.CC.CC.CC.[CH2-]C([CH2-])(C(C)C)C(C)C.[CH3-].[CH3-].[CH3-].[CH3-].[CH3-].[CH3-].[CH3-].[CH3-].[CH3-].[CH3-].[Y+3].[Y+3].[Y].[Y].[Y].[Y].[Y].[Y].[Y].[Y].[Y].[Y].[Y].[Y].[Y].[Y].[Y].[Y].[Y].[Y].[Y].[Y].[Y].[Y].[Y].[Y].[Y].[Y]. The molecule has 0 aromatic rings. The topological polar surface area (TPSA) is 0 Å². The first-order valence-electron chi connectivity index (χ1n) is 13.6. The number of hydrogen-bond acceptors (Lipinski definition) is 0. The van der Waals surface area contributed by atoms with Crippen LogP contribution in [0, 0.1) is 105 Å². The molecule has 0 saturated heterocycles. The van der Waals surface area contributed by atoms with Crippen LogP contribution in [0.2, 0.25) is 0 Å². The molecule has 0 aliphatic carbocycles. The van der Waals surface area contributed by atoms with E-state index >= 15 is 0 Å². The summed E-state index contributed by atoms with van der Waals surface area (Å²) in [5.41, 5.74) is 0.000000000000000222. The molecule has 26 radical (unpaired) electrons. The van der Waals surface area contributed by atoms with E-state index in [1.165, 1.54) is 0 Å². The van der Waals surface area contributed by atoms with Crippen molar-refractivity contribution in [1.29, 1.82) is 0 Å². The predicted molar refractivity (Wildman–Crippen MR) is 220 cm³/mol. The van der Waals surface area contributed by atoms with Gasteiger partial charge in [0.05, 0.1) is 0 Å². The summed E-state index contributed by atoms with van der Waals surface area (Å²) >= 11 is 0. The zero-order chi connectivity index (χ0) is 27.7. The summed E-state index contributed by atoms with van der Waals surface area (Å²) in [5, 5.41) is 0. The normalized spacial score (nSPS) is 2.69. The molecule has 0 rings (SSSR count). The van der Waals surface area contributed by atoms with E-state index in [0.29, 0.717) is 11.8 Å². The molecule has 0 spiro atoms. The Morgan fingerprint density at radius 1 is 0.179 bits per heavy atom.